The lowest BCUT2D eigenvalue weighted by molar-refractivity contribution is 0.669. The number of furan rings is 1. The van der Waals surface area contributed by atoms with Crippen molar-refractivity contribution in [2.45, 2.75) is 0 Å². The first kappa shape index (κ1) is 27.3. The number of hydrogen-bond acceptors (Lipinski definition) is 1. The molecule has 2 heteroatoms. The fourth-order valence-electron chi connectivity index (χ4n) is 8.25. The molecule has 0 bridgehead atoms. The van der Waals surface area contributed by atoms with Crippen LogP contribution in [0, 0.1) is 0 Å². The van der Waals surface area contributed by atoms with Crippen molar-refractivity contribution in [2.24, 2.45) is 0 Å². The van der Waals surface area contributed by atoms with Crippen LogP contribution in [-0.4, -0.2) is 4.57 Å². The van der Waals surface area contributed by atoms with Crippen LogP contribution >= 0.6 is 0 Å². The first-order chi connectivity index (χ1) is 24.8. The van der Waals surface area contributed by atoms with Crippen molar-refractivity contribution in [1.29, 1.82) is 0 Å². The summed E-state index contributed by atoms with van der Waals surface area (Å²) in [5.41, 5.74) is 10.1. The van der Waals surface area contributed by atoms with Gasteiger partial charge in [-0.25, -0.2) is 0 Å². The SMILES string of the molecule is c1cc(-c2ccc3c4ccccc4c4ccccc4c3c2)cc(-n2c3ccccc3c3cc(-c4ccc5c(c4)oc4ccccc45)ccc32)c1. The number of rotatable bonds is 3. The van der Waals surface area contributed by atoms with Crippen molar-refractivity contribution >= 4 is 76.1 Å². The lowest BCUT2D eigenvalue weighted by Crippen LogP contribution is -1.94. The Morgan fingerprint density at radius 3 is 1.54 bits per heavy atom. The number of nitrogens with zero attached hydrogens (tertiary/aromatic N) is 1. The van der Waals surface area contributed by atoms with E-state index in [1.54, 1.807) is 0 Å². The van der Waals surface area contributed by atoms with Crippen LogP contribution < -0.4 is 0 Å². The molecule has 232 valence electrons. The van der Waals surface area contributed by atoms with Crippen LogP contribution in [0.2, 0.25) is 0 Å². The van der Waals surface area contributed by atoms with E-state index >= 15 is 0 Å². The minimum absolute atomic E-state index is 0.915. The topological polar surface area (TPSA) is 18.1 Å². The lowest BCUT2D eigenvalue weighted by atomic mass is 9.92. The third-order valence-corrected chi connectivity index (χ3v) is 10.6. The summed E-state index contributed by atoms with van der Waals surface area (Å²) in [7, 11) is 0. The van der Waals surface area contributed by atoms with Crippen molar-refractivity contribution in [3.63, 3.8) is 0 Å². The fourth-order valence-corrected chi connectivity index (χ4v) is 8.25. The van der Waals surface area contributed by atoms with Gasteiger partial charge in [-0.2, -0.15) is 0 Å². The van der Waals surface area contributed by atoms with Crippen molar-refractivity contribution < 1.29 is 4.42 Å². The highest BCUT2D eigenvalue weighted by Gasteiger charge is 2.16. The van der Waals surface area contributed by atoms with Crippen LogP contribution in [0.25, 0.3) is 104 Å². The average molecular weight is 636 g/mol. The third kappa shape index (κ3) is 3.96. The molecule has 0 aliphatic heterocycles. The molecule has 2 heterocycles. The van der Waals surface area contributed by atoms with Crippen LogP contribution in [-0.2, 0) is 0 Å². The summed E-state index contributed by atoms with van der Waals surface area (Å²) in [6.07, 6.45) is 0. The predicted molar refractivity (Wildman–Crippen MR) is 211 cm³/mol. The Bertz CT molecular complexity index is 3120. The van der Waals surface area contributed by atoms with Gasteiger partial charge in [-0.05, 0) is 109 Å². The van der Waals surface area contributed by atoms with Gasteiger partial charge < -0.3 is 8.98 Å². The van der Waals surface area contributed by atoms with E-state index in [1.165, 1.54) is 70.8 Å². The van der Waals surface area contributed by atoms with Crippen LogP contribution in [0.3, 0.4) is 0 Å². The largest absolute Gasteiger partial charge is 0.456 e. The van der Waals surface area contributed by atoms with Gasteiger partial charge in [0.1, 0.15) is 11.2 Å². The zero-order valence-electron chi connectivity index (χ0n) is 27.1. The van der Waals surface area contributed by atoms with Gasteiger partial charge >= 0.3 is 0 Å². The maximum atomic E-state index is 6.24. The second kappa shape index (κ2) is 10.4. The van der Waals surface area contributed by atoms with Crippen molar-refractivity contribution in [3.05, 3.63) is 176 Å². The molecule has 0 unspecified atom stereocenters. The molecular formula is C48H29NO. The molecule has 0 aliphatic rings. The summed E-state index contributed by atoms with van der Waals surface area (Å²) in [4.78, 5) is 0. The minimum Gasteiger partial charge on any atom is -0.456 e. The molecule has 9 aromatic carbocycles. The van der Waals surface area contributed by atoms with Gasteiger partial charge in [-0.3, -0.25) is 0 Å². The molecule has 2 aromatic heterocycles. The molecular weight excluding hydrogens is 607 g/mol. The van der Waals surface area contributed by atoms with E-state index < -0.39 is 0 Å². The molecule has 0 fully saturated rings. The van der Waals surface area contributed by atoms with Crippen LogP contribution in [0.4, 0.5) is 0 Å². The highest BCUT2D eigenvalue weighted by atomic mass is 16.3. The molecule has 0 radical (unpaired) electrons. The van der Waals surface area contributed by atoms with Gasteiger partial charge in [-0.1, -0.05) is 121 Å². The van der Waals surface area contributed by atoms with Crippen LogP contribution in [0.15, 0.2) is 180 Å². The zero-order valence-corrected chi connectivity index (χ0v) is 27.1. The normalized spacial score (nSPS) is 12.0. The highest BCUT2D eigenvalue weighted by molar-refractivity contribution is 6.25. The Morgan fingerprint density at radius 1 is 0.280 bits per heavy atom. The molecule has 50 heavy (non-hydrogen) atoms. The molecule has 0 spiro atoms. The summed E-state index contributed by atoms with van der Waals surface area (Å²) in [6.45, 7) is 0. The Balaban J connectivity index is 1.06. The minimum atomic E-state index is 0.915. The number of fused-ring (bicyclic) bond motifs is 12. The molecule has 11 rings (SSSR count). The highest BCUT2D eigenvalue weighted by Crippen LogP contribution is 2.40. The number of hydrogen-bond donors (Lipinski definition) is 0. The summed E-state index contributed by atoms with van der Waals surface area (Å²) >= 11 is 0. The van der Waals surface area contributed by atoms with Gasteiger partial charge in [0, 0.05) is 27.2 Å². The van der Waals surface area contributed by atoms with Crippen LogP contribution in [0.1, 0.15) is 0 Å². The van der Waals surface area contributed by atoms with Crippen LogP contribution in [0.5, 0.6) is 0 Å². The number of aromatic nitrogens is 1. The summed E-state index contributed by atoms with van der Waals surface area (Å²) < 4.78 is 8.65. The Labute approximate surface area is 288 Å². The average Bonchev–Trinajstić information content (AvgIpc) is 3.73. The van der Waals surface area contributed by atoms with E-state index in [0.29, 0.717) is 0 Å². The van der Waals surface area contributed by atoms with E-state index in [0.717, 1.165) is 33.2 Å². The van der Waals surface area contributed by atoms with Gasteiger partial charge in [0.05, 0.1) is 11.0 Å². The first-order valence-corrected chi connectivity index (χ1v) is 17.2. The quantitative estimate of drug-likeness (QED) is 0.177. The van der Waals surface area contributed by atoms with E-state index in [1.807, 2.05) is 12.1 Å². The first-order valence-electron chi connectivity index (χ1n) is 17.2. The summed E-state index contributed by atoms with van der Waals surface area (Å²) in [6, 6.07) is 63.9. The lowest BCUT2D eigenvalue weighted by Gasteiger charge is -2.13. The fraction of sp³-hybridized carbons (Fsp3) is 0. The second-order valence-electron chi connectivity index (χ2n) is 13.3. The molecule has 0 saturated carbocycles. The molecule has 0 saturated heterocycles. The molecule has 0 aliphatic carbocycles. The van der Waals surface area contributed by atoms with Gasteiger partial charge in [-0.15, -0.1) is 0 Å². The molecule has 11 aromatic rings. The van der Waals surface area contributed by atoms with Crippen molar-refractivity contribution in [3.8, 4) is 27.9 Å². The molecule has 2 nitrogen and oxygen atoms in total. The van der Waals surface area contributed by atoms with Crippen molar-refractivity contribution in [1.82, 2.24) is 4.57 Å². The van der Waals surface area contributed by atoms with Gasteiger partial charge in [0.25, 0.3) is 0 Å². The maximum absolute atomic E-state index is 6.24. The van der Waals surface area contributed by atoms with E-state index in [4.69, 9.17) is 4.42 Å². The van der Waals surface area contributed by atoms with Gasteiger partial charge in [0.15, 0.2) is 0 Å². The Kier molecular flexibility index (Phi) is 5.70. The predicted octanol–water partition coefficient (Wildman–Crippen LogP) is 13.5. The zero-order chi connectivity index (χ0) is 32.8. The van der Waals surface area contributed by atoms with E-state index in [-0.39, 0.29) is 0 Å². The maximum Gasteiger partial charge on any atom is 0.136 e. The molecule has 0 atom stereocenters. The Morgan fingerprint density at radius 2 is 0.780 bits per heavy atom. The monoisotopic (exact) mass is 635 g/mol. The summed E-state index contributed by atoms with van der Waals surface area (Å²) in [5, 5.41) is 12.5. The van der Waals surface area contributed by atoms with E-state index in [9.17, 15) is 0 Å². The number of benzene rings is 9. The Hall–Kier alpha value is -6.64. The standard InChI is InChI=1S/C48H29NO/c1-2-14-37-35(12-1)36-13-3-4-15-38(36)43-27-31(20-23-39(37)43)30-10-9-11-34(26-30)49-45-18-7-5-16-40(45)44-28-32(22-25-46(44)49)33-21-24-42-41-17-6-8-19-47(41)50-48(42)29-33/h1-29H. The van der Waals surface area contributed by atoms with Crippen molar-refractivity contribution in [2.75, 3.05) is 0 Å². The van der Waals surface area contributed by atoms with E-state index in [2.05, 4.69) is 168 Å². The molecule has 0 N–H and O–H groups in total. The number of para-hydroxylation sites is 2. The van der Waals surface area contributed by atoms with Gasteiger partial charge in [0.2, 0.25) is 0 Å². The smallest absolute Gasteiger partial charge is 0.136 e. The third-order valence-electron chi connectivity index (χ3n) is 10.6. The molecule has 0 amide bonds. The second-order valence-corrected chi connectivity index (χ2v) is 13.3. The summed E-state index contributed by atoms with van der Waals surface area (Å²) in [5.74, 6) is 0.